The molecule has 0 radical (unpaired) electrons. The van der Waals surface area contributed by atoms with Crippen LogP contribution in [0.3, 0.4) is 0 Å². The van der Waals surface area contributed by atoms with Crippen molar-refractivity contribution in [1.82, 2.24) is 24.4 Å². The van der Waals surface area contributed by atoms with Crippen molar-refractivity contribution in [2.24, 2.45) is 0 Å². The highest BCUT2D eigenvalue weighted by Crippen LogP contribution is 2.17. The van der Waals surface area contributed by atoms with Crippen molar-refractivity contribution >= 4 is 22.9 Å². The van der Waals surface area contributed by atoms with E-state index in [1.165, 1.54) is 6.42 Å². The number of fused-ring (bicyclic) bond motifs is 1. The number of rotatable bonds is 6. The number of hydrogen-bond donors (Lipinski definition) is 1. The van der Waals surface area contributed by atoms with E-state index >= 15 is 0 Å². The fourth-order valence-corrected chi connectivity index (χ4v) is 2.99. The van der Waals surface area contributed by atoms with Gasteiger partial charge in [-0.05, 0) is 26.2 Å². The van der Waals surface area contributed by atoms with Gasteiger partial charge in [0, 0.05) is 32.6 Å². The summed E-state index contributed by atoms with van der Waals surface area (Å²) in [5.41, 5.74) is 1.66. The topological polar surface area (TPSA) is 75.9 Å². The molecule has 3 heterocycles. The monoisotopic (exact) mass is 316 g/mol. The predicted molar refractivity (Wildman–Crippen MR) is 89.2 cm³/mol. The second-order valence-electron chi connectivity index (χ2n) is 5.90. The molecule has 23 heavy (non-hydrogen) atoms. The Morgan fingerprint density at radius 2 is 2.13 bits per heavy atom. The number of hydrogen-bond acceptors (Lipinski definition) is 5. The zero-order valence-electron chi connectivity index (χ0n) is 13.7. The lowest BCUT2D eigenvalue weighted by molar-refractivity contribution is -0.130. The molecular weight excluding hydrogens is 292 g/mol. The number of carbonyl (C=O) groups is 1. The van der Waals surface area contributed by atoms with Crippen molar-refractivity contribution in [3.05, 3.63) is 12.7 Å². The van der Waals surface area contributed by atoms with Crippen molar-refractivity contribution in [3.63, 3.8) is 0 Å². The summed E-state index contributed by atoms with van der Waals surface area (Å²) in [4.78, 5) is 26.9. The van der Waals surface area contributed by atoms with Crippen LogP contribution in [0.2, 0.25) is 0 Å². The van der Waals surface area contributed by atoms with Gasteiger partial charge < -0.3 is 14.8 Å². The second kappa shape index (κ2) is 7.39. The summed E-state index contributed by atoms with van der Waals surface area (Å²) in [5.74, 6) is 1.07. The van der Waals surface area contributed by atoms with Gasteiger partial charge in [0.2, 0.25) is 5.91 Å². The second-order valence-corrected chi connectivity index (χ2v) is 5.90. The van der Waals surface area contributed by atoms with Crippen LogP contribution in [0.1, 0.15) is 39.0 Å². The normalized spacial score (nSPS) is 15.9. The average Bonchev–Trinajstić information content (AvgIpc) is 2.89. The molecule has 1 amide bonds. The largest absolute Gasteiger partial charge is 0.368 e. The first-order valence-electron chi connectivity index (χ1n) is 8.47. The Kier molecular flexibility index (Phi) is 5.05. The van der Waals surface area contributed by atoms with Gasteiger partial charge in [0.05, 0.1) is 6.33 Å². The lowest BCUT2D eigenvalue weighted by atomic mass is 10.2. The van der Waals surface area contributed by atoms with Crippen molar-refractivity contribution in [2.45, 2.75) is 45.6 Å². The number of carbonyl (C=O) groups excluding carboxylic acids is 1. The number of likely N-dealkylation sites (tertiary alicyclic amines) is 1. The third-order valence-corrected chi connectivity index (χ3v) is 4.31. The maximum Gasteiger partial charge on any atom is 0.222 e. The van der Waals surface area contributed by atoms with Crippen LogP contribution in [0, 0.1) is 0 Å². The Morgan fingerprint density at radius 3 is 3.00 bits per heavy atom. The summed E-state index contributed by atoms with van der Waals surface area (Å²) in [5, 5.41) is 3.33. The smallest absolute Gasteiger partial charge is 0.222 e. The number of nitrogens with one attached hydrogen (secondary N) is 1. The first-order chi connectivity index (χ1) is 11.3. The van der Waals surface area contributed by atoms with Crippen LogP contribution in [0.5, 0.6) is 0 Å². The summed E-state index contributed by atoms with van der Waals surface area (Å²) in [6, 6.07) is 0. The summed E-state index contributed by atoms with van der Waals surface area (Å²) in [6.07, 6.45) is 8.30. The zero-order chi connectivity index (χ0) is 16.1. The molecule has 0 unspecified atom stereocenters. The van der Waals surface area contributed by atoms with E-state index in [0.717, 1.165) is 62.4 Å². The Bertz CT molecular complexity index is 668. The van der Waals surface area contributed by atoms with Gasteiger partial charge in [0.15, 0.2) is 11.5 Å². The SMILES string of the molecule is CCn1cnc2c(NCCCN3CCCCCC3=O)ncnc21. The van der Waals surface area contributed by atoms with Gasteiger partial charge in [0.25, 0.3) is 0 Å². The molecule has 3 rings (SSSR count). The maximum atomic E-state index is 12.0. The Balaban J connectivity index is 1.54. The molecule has 0 saturated carbocycles. The van der Waals surface area contributed by atoms with E-state index in [4.69, 9.17) is 0 Å². The third-order valence-electron chi connectivity index (χ3n) is 4.31. The first-order valence-corrected chi connectivity index (χ1v) is 8.47. The molecule has 0 spiro atoms. The highest BCUT2D eigenvalue weighted by atomic mass is 16.2. The number of aryl methyl sites for hydroxylation is 1. The van der Waals surface area contributed by atoms with E-state index in [2.05, 4.69) is 27.2 Å². The highest BCUT2D eigenvalue weighted by molar-refractivity contribution is 5.82. The molecule has 1 N–H and O–H groups in total. The van der Waals surface area contributed by atoms with E-state index in [1.54, 1.807) is 12.7 Å². The predicted octanol–water partition coefficient (Wildman–Crippen LogP) is 2.05. The van der Waals surface area contributed by atoms with Crippen molar-refractivity contribution in [1.29, 1.82) is 0 Å². The fraction of sp³-hybridized carbons (Fsp3) is 0.625. The summed E-state index contributed by atoms with van der Waals surface area (Å²) in [6.45, 7) is 5.38. The summed E-state index contributed by atoms with van der Waals surface area (Å²) >= 11 is 0. The molecule has 1 aliphatic heterocycles. The van der Waals surface area contributed by atoms with Crippen molar-refractivity contribution < 1.29 is 4.79 Å². The van der Waals surface area contributed by atoms with Crippen LogP contribution in [0.25, 0.3) is 11.2 Å². The molecule has 7 nitrogen and oxygen atoms in total. The van der Waals surface area contributed by atoms with Crippen LogP contribution in [-0.2, 0) is 11.3 Å². The Hall–Kier alpha value is -2.18. The molecule has 2 aromatic heterocycles. The van der Waals surface area contributed by atoms with E-state index in [9.17, 15) is 4.79 Å². The van der Waals surface area contributed by atoms with E-state index in [-0.39, 0.29) is 0 Å². The molecule has 0 aromatic carbocycles. The Labute approximate surface area is 136 Å². The fourth-order valence-electron chi connectivity index (χ4n) is 2.99. The molecule has 0 aliphatic carbocycles. The summed E-state index contributed by atoms with van der Waals surface area (Å²) < 4.78 is 2.00. The maximum absolute atomic E-state index is 12.0. The molecule has 1 fully saturated rings. The molecule has 1 saturated heterocycles. The van der Waals surface area contributed by atoms with Gasteiger partial charge in [0.1, 0.15) is 11.8 Å². The zero-order valence-corrected chi connectivity index (χ0v) is 13.7. The van der Waals surface area contributed by atoms with Crippen molar-refractivity contribution in [2.75, 3.05) is 25.0 Å². The Morgan fingerprint density at radius 1 is 1.22 bits per heavy atom. The van der Waals surface area contributed by atoms with Gasteiger partial charge >= 0.3 is 0 Å². The molecule has 7 heteroatoms. The average molecular weight is 316 g/mol. The van der Waals surface area contributed by atoms with Gasteiger partial charge in [-0.25, -0.2) is 15.0 Å². The van der Waals surface area contributed by atoms with Gasteiger partial charge in [-0.1, -0.05) is 6.42 Å². The third kappa shape index (κ3) is 3.60. The minimum atomic E-state index is 0.300. The number of nitrogens with zero attached hydrogens (tertiary/aromatic N) is 5. The van der Waals surface area contributed by atoms with Gasteiger partial charge in [-0.2, -0.15) is 0 Å². The minimum absolute atomic E-state index is 0.300. The number of imidazole rings is 1. The van der Waals surface area contributed by atoms with Crippen LogP contribution in [-0.4, -0.2) is 50.0 Å². The van der Waals surface area contributed by atoms with Crippen LogP contribution < -0.4 is 5.32 Å². The quantitative estimate of drug-likeness (QED) is 0.826. The molecule has 1 aliphatic rings. The number of aromatic nitrogens is 4. The van der Waals surface area contributed by atoms with E-state index in [0.29, 0.717) is 12.3 Å². The standard InChI is InChI=1S/C16H24N6O/c1-2-21-12-20-14-15(18-11-19-16(14)21)17-8-6-10-22-9-5-3-4-7-13(22)23/h11-12H,2-10H2,1H3,(H,17,18,19). The minimum Gasteiger partial charge on any atom is -0.368 e. The van der Waals surface area contributed by atoms with E-state index < -0.39 is 0 Å². The lowest BCUT2D eigenvalue weighted by Gasteiger charge is -2.20. The summed E-state index contributed by atoms with van der Waals surface area (Å²) in [7, 11) is 0. The molecule has 124 valence electrons. The molecule has 2 aromatic rings. The molecular formula is C16H24N6O. The highest BCUT2D eigenvalue weighted by Gasteiger charge is 2.15. The van der Waals surface area contributed by atoms with Crippen LogP contribution in [0.15, 0.2) is 12.7 Å². The van der Waals surface area contributed by atoms with E-state index in [1.807, 2.05) is 9.47 Å². The molecule has 0 atom stereocenters. The van der Waals surface area contributed by atoms with Gasteiger partial charge in [-0.3, -0.25) is 4.79 Å². The van der Waals surface area contributed by atoms with Gasteiger partial charge in [-0.15, -0.1) is 0 Å². The van der Waals surface area contributed by atoms with Crippen LogP contribution >= 0.6 is 0 Å². The first kappa shape index (κ1) is 15.7. The lowest BCUT2D eigenvalue weighted by Crippen LogP contribution is -2.32. The van der Waals surface area contributed by atoms with Crippen LogP contribution in [0.4, 0.5) is 5.82 Å². The molecule has 0 bridgehead atoms. The van der Waals surface area contributed by atoms with Crippen molar-refractivity contribution in [3.8, 4) is 0 Å². The number of amides is 1. The number of anilines is 1.